The van der Waals surface area contributed by atoms with E-state index >= 15 is 0 Å². The molecule has 0 saturated carbocycles. The van der Waals surface area contributed by atoms with Gasteiger partial charge in [0.15, 0.2) is 5.65 Å². The highest BCUT2D eigenvalue weighted by atomic mass is 32.1. The van der Waals surface area contributed by atoms with Gasteiger partial charge in [0.25, 0.3) is 5.56 Å². The van der Waals surface area contributed by atoms with Crippen molar-refractivity contribution in [1.29, 1.82) is 0 Å². The maximum Gasteiger partial charge on any atom is 0.275 e. The summed E-state index contributed by atoms with van der Waals surface area (Å²) in [4.78, 5) is 17.6. The second-order valence-corrected chi connectivity index (χ2v) is 6.07. The molecular formula is C17H13N3OS. The predicted molar refractivity (Wildman–Crippen MR) is 89.3 cm³/mol. The highest BCUT2D eigenvalue weighted by Gasteiger charge is 2.12. The zero-order chi connectivity index (χ0) is 15.1. The van der Waals surface area contributed by atoms with Crippen molar-refractivity contribution >= 4 is 17.0 Å². The van der Waals surface area contributed by atoms with Gasteiger partial charge in [0, 0.05) is 22.8 Å². The summed E-state index contributed by atoms with van der Waals surface area (Å²) in [5, 5.41) is 5.12. The number of benzene rings is 1. The normalized spacial score (nSPS) is 11.1. The van der Waals surface area contributed by atoms with Crippen LogP contribution in [-0.2, 0) is 0 Å². The molecule has 3 heterocycles. The van der Waals surface area contributed by atoms with Gasteiger partial charge in [-0.2, -0.15) is 0 Å². The fourth-order valence-corrected chi connectivity index (χ4v) is 3.42. The molecule has 0 atom stereocenters. The van der Waals surface area contributed by atoms with Crippen molar-refractivity contribution in [3.05, 3.63) is 70.1 Å². The van der Waals surface area contributed by atoms with Crippen LogP contribution >= 0.6 is 11.3 Å². The van der Waals surface area contributed by atoms with E-state index in [1.807, 2.05) is 24.4 Å². The third kappa shape index (κ3) is 1.98. The lowest BCUT2D eigenvalue weighted by Gasteiger charge is -1.97. The van der Waals surface area contributed by atoms with Crippen molar-refractivity contribution in [1.82, 2.24) is 14.6 Å². The van der Waals surface area contributed by atoms with Crippen LogP contribution in [0.3, 0.4) is 0 Å². The number of nitrogens with one attached hydrogen (secondary N) is 1. The fourth-order valence-electron chi connectivity index (χ4n) is 2.49. The van der Waals surface area contributed by atoms with Crippen molar-refractivity contribution in [2.24, 2.45) is 0 Å². The van der Waals surface area contributed by atoms with E-state index in [9.17, 15) is 4.79 Å². The molecule has 0 aliphatic carbocycles. The molecule has 3 aromatic heterocycles. The van der Waals surface area contributed by atoms with Crippen LogP contribution in [0.15, 0.2) is 59.0 Å². The Balaban J connectivity index is 1.85. The molecule has 0 aliphatic heterocycles. The first-order valence-corrected chi connectivity index (χ1v) is 7.82. The Kier molecular flexibility index (Phi) is 2.94. The summed E-state index contributed by atoms with van der Waals surface area (Å²) in [6.45, 7) is 1.76. The van der Waals surface area contributed by atoms with Gasteiger partial charge in [-0.05, 0) is 29.5 Å². The van der Waals surface area contributed by atoms with Gasteiger partial charge in [-0.1, -0.05) is 30.3 Å². The Labute approximate surface area is 130 Å². The summed E-state index contributed by atoms with van der Waals surface area (Å²) in [5.74, 6) is 0. The number of aryl methyl sites for hydroxylation is 1. The van der Waals surface area contributed by atoms with Crippen LogP contribution < -0.4 is 5.56 Å². The average Bonchev–Trinajstić information content (AvgIpc) is 3.18. The smallest absolute Gasteiger partial charge is 0.275 e. The van der Waals surface area contributed by atoms with Gasteiger partial charge in [-0.15, -0.1) is 11.3 Å². The topological polar surface area (TPSA) is 50.2 Å². The highest BCUT2D eigenvalue weighted by Crippen LogP contribution is 2.33. The van der Waals surface area contributed by atoms with Crippen molar-refractivity contribution in [2.45, 2.75) is 6.92 Å². The summed E-state index contributed by atoms with van der Waals surface area (Å²) in [6.07, 6.45) is 3.46. The molecule has 0 aliphatic rings. The van der Waals surface area contributed by atoms with Crippen molar-refractivity contribution in [3.63, 3.8) is 0 Å². The molecular weight excluding hydrogens is 294 g/mol. The minimum atomic E-state index is -0.0592. The van der Waals surface area contributed by atoms with E-state index in [0.717, 1.165) is 10.4 Å². The van der Waals surface area contributed by atoms with Crippen molar-refractivity contribution in [2.75, 3.05) is 0 Å². The summed E-state index contributed by atoms with van der Waals surface area (Å²) in [5.41, 5.74) is 4.54. The maximum absolute atomic E-state index is 12.1. The molecule has 0 fully saturated rings. The van der Waals surface area contributed by atoms with E-state index in [-0.39, 0.29) is 5.56 Å². The number of fused-ring (bicyclic) bond motifs is 1. The number of aromatic amines is 1. The molecule has 108 valence electrons. The van der Waals surface area contributed by atoms with E-state index in [4.69, 9.17) is 0 Å². The first-order valence-electron chi connectivity index (χ1n) is 6.94. The van der Waals surface area contributed by atoms with E-state index in [0.29, 0.717) is 11.2 Å². The highest BCUT2D eigenvalue weighted by molar-refractivity contribution is 7.14. The number of aromatic nitrogens is 3. The van der Waals surface area contributed by atoms with Gasteiger partial charge in [0.05, 0.1) is 5.56 Å². The molecule has 0 saturated heterocycles. The molecule has 4 rings (SSSR count). The van der Waals surface area contributed by atoms with Gasteiger partial charge in [0.1, 0.15) is 0 Å². The third-order valence-electron chi connectivity index (χ3n) is 3.68. The standard InChI is InChI=1S/C17H13N3OS/c1-11-8-18-16-14(9-19-20(16)17(11)21)15-7-13(10-22-15)12-5-3-2-4-6-12/h2-10,19H,1H3. The Hall–Kier alpha value is -2.66. The SMILES string of the molecule is Cc1cnc2c(-c3cc(-c4ccccc4)cs3)c[nH]n2c1=O. The third-order valence-corrected chi connectivity index (χ3v) is 4.65. The summed E-state index contributed by atoms with van der Waals surface area (Å²) in [7, 11) is 0. The average molecular weight is 307 g/mol. The minimum absolute atomic E-state index is 0.0592. The molecule has 0 radical (unpaired) electrons. The van der Waals surface area contributed by atoms with Gasteiger partial charge in [-0.25, -0.2) is 9.50 Å². The quantitative estimate of drug-likeness (QED) is 0.613. The molecule has 4 aromatic rings. The number of H-pyrrole nitrogens is 1. The minimum Gasteiger partial charge on any atom is -0.296 e. The molecule has 1 N–H and O–H groups in total. The van der Waals surface area contributed by atoms with Gasteiger partial charge < -0.3 is 0 Å². The molecule has 22 heavy (non-hydrogen) atoms. The van der Waals surface area contributed by atoms with Crippen LogP contribution in [0, 0.1) is 6.92 Å². The van der Waals surface area contributed by atoms with Crippen LogP contribution in [0.5, 0.6) is 0 Å². The number of nitrogens with zero attached hydrogens (tertiary/aromatic N) is 2. The van der Waals surface area contributed by atoms with Crippen LogP contribution in [0.25, 0.3) is 27.2 Å². The molecule has 0 unspecified atom stereocenters. The Morgan fingerprint density at radius 1 is 1.18 bits per heavy atom. The van der Waals surface area contributed by atoms with Gasteiger partial charge in [0.2, 0.25) is 0 Å². The monoisotopic (exact) mass is 307 g/mol. The lowest BCUT2D eigenvalue weighted by atomic mass is 10.1. The zero-order valence-corrected chi connectivity index (χ0v) is 12.7. The summed E-state index contributed by atoms with van der Waals surface area (Å²) >= 11 is 1.65. The lowest BCUT2D eigenvalue weighted by molar-refractivity contribution is 0.885. The van der Waals surface area contributed by atoms with E-state index in [1.54, 1.807) is 24.5 Å². The molecule has 5 heteroatoms. The summed E-state index contributed by atoms with van der Waals surface area (Å²) < 4.78 is 1.49. The van der Waals surface area contributed by atoms with E-state index in [1.165, 1.54) is 15.6 Å². The van der Waals surface area contributed by atoms with Crippen molar-refractivity contribution < 1.29 is 0 Å². The zero-order valence-electron chi connectivity index (χ0n) is 11.9. The number of hydrogen-bond donors (Lipinski definition) is 1. The molecule has 4 nitrogen and oxygen atoms in total. The van der Waals surface area contributed by atoms with Crippen molar-refractivity contribution in [3.8, 4) is 21.6 Å². The van der Waals surface area contributed by atoms with Crippen LogP contribution in [0.1, 0.15) is 5.56 Å². The molecule has 1 aromatic carbocycles. The van der Waals surface area contributed by atoms with Crippen LogP contribution in [0.4, 0.5) is 0 Å². The fraction of sp³-hybridized carbons (Fsp3) is 0.0588. The van der Waals surface area contributed by atoms with Crippen LogP contribution in [0.2, 0.25) is 0 Å². The predicted octanol–water partition coefficient (Wildman–Crippen LogP) is 3.73. The first-order chi connectivity index (χ1) is 10.7. The second-order valence-electron chi connectivity index (χ2n) is 5.16. The Bertz CT molecular complexity index is 1010. The molecule has 0 bridgehead atoms. The molecule has 0 amide bonds. The largest absolute Gasteiger partial charge is 0.296 e. The summed E-state index contributed by atoms with van der Waals surface area (Å²) in [6, 6.07) is 12.4. The van der Waals surface area contributed by atoms with Gasteiger partial charge >= 0.3 is 0 Å². The second kappa shape index (κ2) is 4.96. The Morgan fingerprint density at radius 3 is 2.82 bits per heavy atom. The number of hydrogen-bond acceptors (Lipinski definition) is 3. The van der Waals surface area contributed by atoms with Crippen LogP contribution in [-0.4, -0.2) is 14.6 Å². The van der Waals surface area contributed by atoms with E-state index < -0.39 is 0 Å². The lowest BCUT2D eigenvalue weighted by Crippen LogP contribution is -2.16. The van der Waals surface area contributed by atoms with E-state index in [2.05, 4.69) is 33.7 Å². The number of thiophene rings is 1. The Morgan fingerprint density at radius 2 is 2.00 bits per heavy atom. The maximum atomic E-state index is 12.1. The van der Waals surface area contributed by atoms with Gasteiger partial charge in [-0.3, -0.25) is 9.89 Å². The molecule has 0 spiro atoms. The first kappa shape index (κ1) is 13.0. The number of rotatable bonds is 2.